The molecule has 3 heterocycles. The molecular weight excluding hydrogens is 280 g/mol. The molecule has 116 valence electrons. The number of piperidine rings is 1. The van der Waals surface area contributed by atoms with Gasteiger partial charge >= 0.3 is 0 Å². The highest BCUT2D eigenvalue weighted by Gasteiger charge is 2.30. The van der Waals surface area contributed by atoms with Gasteiger partial charge in [0.25, 0.3) is 0 Å². The average molecular weight is 306 g/mol. The molecule has 0 amide bonds. The van der Waals surface area contributed by atoms with Crippen LogP contribution in [0.2, 0.25) is 0 Å². The van der Waals surface area contributed by atoms with Gasteiger partial charge in [0.15, 0.2) is 10.8 Å². The van der Waals surface area contributed by atoms with Crippen molar-refractivity contribution in [3.05, 3.63) is 17.3 Å². The van der Waals surface area contributed by atoms with Gasteiger partial charge in [0.2, 0.25) is 0 Å². The summed E-state index contributed by atoms with van der Waals surface area (Å²) in [5.74, 6) is 2.01. The topological polar surface area (TPSA) is 32.6 Å². The van der Waals surface area contributed by atoms with E-state index < -0.39 is 0 Å². The molecule has 1 N–H and O–H groups in total. The summed E-state index contributed by atoms with van der Waals surface area (Å²) in [5, 5.41) is 5.39. The SMILES string of the molecule is CNCc1c(N2CCC(C(C)(C)C)CC2)nc2sccn12. The maximum atomic E-state index is 4.87. The van der Waals surface area contributed by atoms with E-state index >= 15 is 0 Å². The summed E-state index contributed by atoms with van der Waals surface area (Å²) < 4.78 is 2.23. The smallest absolute Gasteiger partial charge is 0.195 e. The highest BCUT2D eigenvalue weighted by molar-refractivity contribution is 7.15. The Morgan fingerprint density at radius 1 is 1.33 bits per heavy atom. The first kappa shape index (κ1) is 14.9. The lowest BCUT2D eigenvalue weighted by atomic mass is 9.75. The standard InChI is InChI=1S/C16H26N4S/c1-16(2,3)12-5-7-19(8-6-12)14-13(11-17-4)20-9-10-21-15(20)18-14/h9-10,12,17H,5-8,11H2,1-4H3. The normalized spacial score (nSPS) is 17.8. The molecule has 21 heavy (non-hydrogen) atoms. The maximum Gasteiger partial charge on any atom is 0.195 e. The van der Waals surface area contributed by atoms with Crippen LogP contribution in [0.4, 0.5) is 5.82 Å². The monoisotopic (exact) mass is 306 g/mol. The number of thiazole rings is 1. The zero-order valence-corrected chi connectivity index (χ0v) is 14.3. The predicted molar refractivity (Wildman–Crippen MR) is 90.2 cm³/mol. The first-order valence-electron chi connectivity index (χ1n) is 7.84. The Labute approximate surface area is 131 Å². The molecule has 1 aliphatic rings. The van der Waals surface area contributed by atoms with Gasteiger partial charge in [-0.3, -0.25) is 4.40 Å². The van der Waals surface area contributed by atoms with Crippen molar-refractivity contribution in [2.45, 2.75) is 40.2 Å². The minimum absolute atomic E-state index is 0.425. The number of hydrogen-bond donors (Lipinski definition) is 1. The second-order valence-corrected chi connectivity index (χ2v) is 7.97. The van der Waals surface area contributed by atoms with E-state index in [1.807, 2.05) is 7.05 Å². The Kier molecular flexibility index (Phi) is 3.97. The lowest BCUT2D eigenvalue weighted by Gasteiger charge is -2.39. The molecule has 1 saturated heterocycles. The average Bonchev–Trinajstić information content (AvgIpc) is 3.01. The largest absolute Gasteiger partial charge is 0.355 e. The molecule has 0 aliphatic carbocycles. The number of fused-ring (bicyclic) bond motifs is 1. The zero-order valence-electron chi connectivity index (χ0n) is 13.5. The lowest BCUT2D eigenvalue weighted by Crippen LogP contribution is -2.38. The van der Waals surface area contributed by atoms with Crippen molar-refractivity contribution in [1.82, 2.24) is 14.7 Å². The number of nitrogens with one attached hydrogen (secondary N) is 1. The maximum absolute atomic E-state index is 4.87. The molecule has 0 atom stereocenters. The van der Waals surface area contributed by atoms with E-state index in [0.29, 0.717) is 5.41 Å². The van der Waals surface area contributed by atoms with Crippen molar-refractivity contribution in [3.8, 4) is 0 Å². The summed E-state index contributed by atoms with van der Waals surface area (Å²) in [7, 11) is 2.00. The highest BCUT2D eigenvalue weighted by Crippen LogP contribution is 2.36. The Bertz CT molecular complexity index is 599. The fraction of sp³-hybridized carbons (Fsp3) is 0.688. The Morgan fingerprint density at radius 3 is 2.67 bits per heavy atom. The molecule has 2 aromatic heterocycles. The molecule has 1 aliphatic heterocycles. The van der Waals surface area contributed by atoms with Gasteiger partial charge in [-0.25, -0.2) is 4.98 Å². The van der Waals surface area contributed by atoms with Crippen LogP contribution in [0.5, 0.6) is 0 Å². The van der Waals surface area contributed by atoms with Crippen molar-refractivity contribution in [3.63, 3.8) is 0 Å². The first-order valence-corrected chi connectivity index (χ1v) is 8.72. The summed E-state index contributed by atoms with van der Waals surface area (Å²) in [6.07, 6.45) is 4.67. The molecule has 2 aromatic rings. The van der Waals surface area contributed by atoms with Crippen LogP contribution in [0.3, 0.4) is 0 Å². The third-order valence-corrected chi connectivity index (χ3v) is 5.46. The van der Waals surface area contributed by atoms with Gasteiger partial charge in [-0.1, -0.05) is 20.8 Å². The van der Waals surface area contributed by atoms with E-state index in [9.17, 15) is 0 Å². The van der Waals surface area contributed by atoms with Gasteiger partial charge in [0.1, 0.15) is 0 Å². The quantitative estimate of drug-likeness (QED) is 0.943. The van der Waals surface area contributed by atoms with Gasteiger partial charge in [0, 0.05) is 31.2 Å². The number of anilines is 1. The van der Waals surface area contributed by atoms with Crippen LogP contribution in [0, 0.1) is 11.3 Å². The molecule has 0 unspecified atom stereocenters. The Hall–Kier alpha value is -1.07. The van der Waals surface area contributed by atoms with Crippen LogP contribution < -0.4 is 10.2 Å². The van der Waals surface area contributed by atoms with Crippen LogP contribution in [-0.2, 0) is 6.54 Å². The Morgan fingerprint density at radius 2 is 2.05 bits per heavy atom. The Balaban J connectivity index is 1.82. The molecule has 0 radical (unpaired) electrons. The van der Waals surface area contributed by atoms with Crippen molar-refractivity contribution in [1.29, 1.82) is 0 Å². The van der Waals surface area contributed by atoms with Crippen molar-refractivity contribution in [2.75, 3.05) is 25.0 Å². The van der Waals surface area contributed by atoms with Crippen LogP contribution >= 0.6 is 11.3 Å². The fourth-order valence-corrected chi connectivity index (χ4v) is 4.09. The summed E-state index contributed by atoms with van der Waals surface area (Å²) >= 11 is 1.71. The van der Waals surface area contributed by atoms with Crippen molar-refractivity contribution >= 4 is 22.1 Å². The highest BCUT2D eigenvalue weighted by atomic mass is 32.1. The third kappa shape index (κ3) is 2.81. The molecule has 0 bridgehead atoms. The van der Waals surface area contributed by atoms with Gasteiger partial charge in [0.05, 0.1) is 5.69 Å². The van der Waals surface area contributed by atoms with Gasteiger partial charge in [-0.2, -0.15) is 0 Å². The molecule has 0 spiro atoms. The second kappa shape index (κ2) is 5.61. The van der Waals surface area contributed by atoms with E-state index in [1.165, 1.54) is 24.4 Å². The van der Waals surface area contributed by atoms with E-state index in [0.717, 1.165) is 30.5 Å². The zero-order chi connectivity index (χ0) is 15.0. The van der Waals surface area contributed by atoms with Gasteiger partial charge in [-0.15, -0.1) is 11.3 Å². The van der Waals surface area contributed by atoms with Crippen molar-refractivity contribution in [2.24, 2.45) is 11.3 Å². The van der Waals surface area contributed by atoms with Gasteiger partial charge < -0.3 is 10.2 Å². The predicted octanol–water partition coefficient (Wildman–Crippen LogP) is 3.38. The molecule has 0 saturated carbocycles. The van der Waals surface area contributed by atoms with E-state index in [-0.39, 0.29) is 0 Å². The van der Waals surface area contributed by atoms with Crippen LogP contribution in [0.1, 0.15) is 39.3 Å². The summed E-state index contributed by atoms with van der Waals surface area (Å²) in [4.78, 5) is 8.46. The minimum atomic E-state index is 0.425. The van der Waals surface area contributed by atoms with E-state index in [1.54, 1.807) is 11.3 Å². The molecule has 3 rings (SSSR count). The van der Waals surface area contributed by atoms with Crippen LogP contribution in [0.25, 0.3) is 4.96 Å². The third-order valence-electron chi connectivity index (χ3n) is 4.70. The number of aromatic nitrogens is 2. The number of rotatable bonds is 3. The van der Waals surface area contributed by atoms with E-state index in [2.05, 4.69) is 47.0 Å². The van der Waals surface area contributed by atoms with Crippen LogP contribution in [0.15, 0.2) is 11.6 Å². The summed E-state index contributed by atoms with van der Waals surface area (Å²) in [6, 6.07) is 0. The van der Waals surface area contributed by atoms with E-state index in [4.69, 9.17) is 4.98 Å². The molecule has 4 nitrogen and oxygen atoms in total. The number of hydrogen-bond acceptors (Lipinski definition) is 4. The minimum Gasteiger partial charge on any atom is -0.355 e. The second-order valence-electron chi connectivity index (χ2n) is 7.10. The van der Waals surface area contributed by atoms with Crippen molar-refractivity contribution < 1.29 is 0 Å². The number of imidazole rings is 1. The fourth-order valence-electron chi connectivity index (χ4n) is 3.36. The lowest BCUT2D eigenvalue weighted by molar-refractivity contribution is 0.198. The van der Waals surface area contributed by atoms with Crippen LogP contribution in [-0.4, -0.2) is 29.5 Å². The molecule has 0 aromatic carbocycles. The van der Waals surface area contributed by atoms with Gasteiger partial charge in [-0.05, 0) is 31.2 Å². The molecule has 5 heteroatoms. The molecular formula is C16H26N4S. The molecule has 1 fully saturated rings. The number of nitrogens with zero attached hydrogens (tertiary/aromatic N) is 3. The summed E-state index contributed by atoms with van der Waals surface area (Å²) in [6.45, 7) is 10.2. The first-order chi connectivity index (χ1) is 10.0. The summed E-state index contributed by atoms with van der Waals surface area (Å²) in [5.41, 5.74) is 1.72.